The second kappa shape index (κ2) is 9.91. The van der Waals surface area contributed by atoms with Crippen molar-refractivity contribution in [1.82, 2.24) is 10.4 Å². The van der Waals surface area contributed by atoms with Gasteiger partial charge in [0.05, 0.1) is 18.2 Å². The number of carbonyl (C=O) groups is 2. The van der Waals surface area contributed by atoms with Crippen LogP contribution < -0.4 is 14.8 Å². The van der Waals surface area contributed by atoms with Crippen molar-refractivity contribution in [1.29, 1.82) is 0 Å². The highest BCUT2D eigenvalue weighted by Gasteiger charge is 2.16. The standard InChI is InChI=1S/C15H21ClN2O5/c1-3-4-7-22-15-12(23-9-13(20)17-2)6-5-11(14(15)16)8-18(21)10-19/h5-6,10,21H,3-4,7-9H2,1-2H3,(H,17,20). The van der Waals surface area contributed by atoms with Gasteiger partial charge in [-0.15, -0.1) is 0 Å². The first-order valence-electron chi connectivity index (χ1n) is 7.21. The van der Waals surface area contributed by atoms with E-state index >= 15 is 0 Å². The maximum absolute atomic E-state index is 11.3. The third-order valence-electron chi connectivity index (χ3n) is 2.98. The molecule has 0 bridgehead atoms. The summed E-state index contributed by atoms with van der Waals surface area (Å²) in [5, 5.41) is 12.5. The monoisotopic (exact) mass is 344 g/mol. The molecule has 0 aliphatic heterocycles. The number of halogens is 1. The molecular formula is C15H21ClN2O5. The van der Waals surface area contributed by atoms with Gasteiger partial charge in [0.15, 0.2) is 18.1 Å². The minimum absolute atomic E-state index is 0.0812. The second-order valence-electron chi connectivity index (χ2n) is 4.73. The largest absolute Gasteiger partial charge is 0.488 e. The first kappa shape index (κ1) is 19.1. The van der Waals surface area contributed by atoms with E-state index in [2.05, 4.69) is 5.32 Å². The average Bonchev–Trinajstić information content (AvgIpc) is 2.56. The molecule has 0 spiro atoms. The lowest BCUT2D eigenvalue weighted by atomic mass is 10.2. The summed E-state index contributed by atoms with van der Waals surface area (Å²) in [5.41, 5.74) is 0.500. The number of rotatable bonds is 10. The Morgan fingerprint density at radius 1 is 1.43 bits per heavy atom. The van der Waals surface area contributed by atoms with Crippen molar-refractivity contribution in [3.8, 4) is 11.5 Å². The van der Waals surface area contributed by atoms with E-state index in [-0.39, 0.29) is 30.5 Å². The number of hydrogen-bond donors (Lipinski definition) is 2. The molecule has 7 nitrogen and oxygen atoms in total. The fourth-order valence-corrected chi connectivity index (χ4v) is 1.97. The Kier molecular flexibility index (Phi) is 8.21. The number of hydroxylamine groups is 2. The molecule has 8 heteroatoms. The van der Waals surface area contributed by atoms with E-state index in [4.69, 9.17) is 21.1 Å². The van der Waals surface area contributed by atoms with Crippen molar-refractivity contribution < 1.29 is 24.3 Å². The lowest BCUT2D eigenvalue weighted by Gasteiger charge is -2.17. The van der Waals surface area contributed by atoms with Gasteiger partial charge < -0.3 is 14.8 Å². The number of carbonyl (C=O) groups excluding carboxylic acids is 2. The number of likely N-dealkylation sites (N-methyl/N-ethyl adjacent to an activating group) is 1. The molecule has 0 saturated heterocycles. The van der Waals surface area contributed by atoms with Crippen LogP contribution in [0.15, 0.2) is 12.1 Å². The lowest BCUT2D eigenvalue weighted by molar-refractivity contribution is -0.152. The highest BCUT2D eigenvalue weighted by atomic mass is 35.5. The number of nitrogens with zero attached hydrogens (tertiary/aromatic N) is 1. The number of nitrogens with one attached hydrogen (secondary N) is 1. The molecular weight excluding hydrogens is 324 g/mol. The molecule has 2 amide bonds. The minimum atomic E-state index is -0.285. The zero-order valence-corrected chi connectivity index (χ0v) is 13.9. The predicted octanol–water partition coefficient (Wildman–Crippen LogP) is 1.99. The molecule has 128 valence electrons. The van der Waals surface area contributed by atoms with E-state index in [1.807, 2.05) is 6.92 Å². The first-order chi connectivity index (χ1) is 11.0. The van der Waals surface area contributed by atoms with Crippen LogP contribution in [0.1, 0.15) is 25.3 Å². The molecule has 0 heterocycles. The molecule has 1 rings (SSSR count). The number of amides is 2. The molecule has 0 radical (unpaired) electrons. The summed E-state index contributed by atoms with van der Waals surface area (Å²) < 4.78 is 11.1. The van der Waals surface area contributed by atoms with Gasteiger partial charge in [0.2, 0.25) is 6.41 Å². The Balaban J connectivity index is 3.00. The van der Waals surface area contributed by atoms with Crippen LogP contribution in [0.5, 0.6) is 11.5 Å². The third-order valence-corrected chi connectivity index (χ3v) is 3.39. The van der Waals surface area contributed by atoms with Crippen LogP contribution in [-0.4, -0.2) is 42.8 Å². The zero-order valence-electron chi connectivity index (χ0n) is 13.2. The van der Waals surface area contributed by atoms with Crippen LogP contribution in [0, 0.1) is 0 Å². The zero-order chi connectivity index (χ0) is 17.2. The number of ether oxygens (including phenoxy) is 2. The van der Waals surface area contributed by atoms with E-state index in [9.17, 15) is 14.8 Å². The SMILES string of the molecule is CCCCOc1c(OCC(=O)NC)ccc(CN(O)C=O)c1Cl. The van der Waals surface area contributed by atoms with Crippen LogP contribution in [0.3, 0.4) is 0 Å². The topological polar surface area (TPSA) is 88.1 Å². The van der Waals surface area contributed by atoms with Gasteiger partial charge in [0.25, 0.3) is 5.91 Å². The van der Waals surface area contributed by atoms with Gasteiger partial charge in [-0.3, -0.25) is 14.8 Å². The number of hydrogen-bond acceptors (Lipinski definition) is 5. The maximum atomic E-state index is 11.3. The van der Waals surface area contributed by atoms with E-state index in [0.717, 1.165) is 12.8 Å². The molecule has 0 aliphatic carbocycles. The molecule has 0 aliphatic rings. The highest BCUT2D eigenvalue weighted by molar-refractivity contribution is 6.33. The van der Waals surface area contributed by atoms with Crippen molar-refractivity contribution in [3.05, 3.63) is 22.7 Å². The van der Waals surface area contributed by atoms with Gasteiger partial charge in [-0.2, -0.15) is 0 Å². The lowest BCUT2D eigenvalue weighted by Crippen LogP contribution is -2.25. The predicted molar refractivity (Wildman–Crippen MR) is 84.8 cm³/mol. The third kappa shape index (κ3) is 5.96. The van der Waals surface area contributed by atoms with Crippen molar-refractivity contribution >= 4 is 23.9 Å². The molecule has 0 aromatic heterocycles. The maximum Gasteiger partial charge on any atom is 0.257 e. The molecule has 0 fully saturated rings. The van der Waals surface area contributed by atoms with Crippen LogP contribution >= 0.6 is 11.6 Å². The summed E-state index contributed by atoms with van der Waals surface area (Å²) in [5.74, 6) is 0.335. The Bertz CT molecular complexity index is 539. The summed E-state index contributed by atoms with van der Waals surface area (Å²) in [4.78, 5) is 21.8. The van der Waals surface area contributed by atoms with Gasteiger partial charge in [0.1, 0.15) is 0 Å². The fraction of sp³-hybridized carbons (Fsp3) is 0.467. The molecule has 0 saturated carbocycles. The Morgan fingerprint density at radius 3 is 2.78 bits per heavy atom. The quantitative estimate of drug-likeness (QED) is 0.293. The molecule has 1 aromatic rings. The molecule has 0 unspecified atom stereocenters. The van der Waals surface area contributed by atoms with Gasteiger partial charge in [-0.1, -0.05) is 31.0 Å². The van der Waals surface area contributed by atoms with E-state index in [1.54, 1.807) is 12.1 Å². The smallest absolute Gasteiger partial charge is 0.257 e. The highest BCUT2D eigenvalue weighted by Crippen LogP contribution is 2.38. The van der Waals surface area contributed by atoms with Crippen LogP contribution in [0.4, 0.5) is 0 Å². The summed E-state index contributed by atoms with van der Waals surface area (Å²) >= 11 is 6.28. The summed E-state index contributed by atoms with van der Waals surface area (Å²) in [6.07, 6.45) is 2.06. The Hall–Kier alpha value is -1.99. The van der Waals surface area contributed by atoms with Gasteiger partial charge in [0, 0.05) is 7.05 Å². The normalized spacial score (nSPS) is 10.1. The number of benzene rings is 1. The average molecular weight is 345 g/mol. The van der Waals surface area contributed by atoms with Crippen molar-refractivity contribution in [3.63, 3.8) is 0 Å². The molecule has 23 heavy (non-hydrogen) atoms. The van der Waals surface area contributed by atoms with Gasteiger partial charge in [-0.25, -0.2) is 5.06 Å². The Labute approximate surface area is 140 Å². The van der Waals surface area contributed by atoms with Gasteiger partial charge in [-0.05, 0) is 18.1 Å². The van der Waals surface area contributed by atoms with Crippen molar-refractivity contribution in [2.75, 3.05) is 20.3 Å². The summed E-state index contributed by atoms with van der Waals surface area (Å²) in [6, 6.07) is 3.19. The van der Waals surface area contributed by atoms with Crippen LogP contribution in [0.25, 0.3) is 0 Å². The van der Waals surface area contributed by atoms with Crippen LogP contribution in [0.2, 0.25) is 5.02 Å². The van der Waals surface area contributed by atoms with Crippen molar-refractivity contribution in [2.24, 2.45) is 0 Å². The summed E-state index contributed by atoms with van der Waals surface area (Å²) in [6.45, 7) is 2.21. The van der Waals surface area contributed by atoms with E-state index in [0.29, 0.717) is 28.7 Å². The van der Waals surface area contributed by atoms with Crippen molar-refractivity contribution in [2.45, 2.75) is 26.3 Å². The fourth-order valence-electron chi connectivity index (χ4n) is 1.70. The van der Waals surface area contributed by atoms with E-state index < -0.39 is 0 Å². The summed E-state index contributed by atoms with van der Waals surface area (Å²) in [7, 11) is 1.51. The van der Waals surface area contributed by atoms with E-state index in [1.165, 1.54) is 7.05 Å². The Morgan fingerprint density at radius 2 is 2.17 bits per heavy atom. The molecule has 2 N–H and O–H groups in total. The van der Waals surface area contributed by atoms with Gasteiger partial charge >= 0.3 is 0 Å². The first-order valence-corrected chi connectivity index (χ1v) is 7.59. The molecule has 1 aromatic carbocycles. The second-order valence-corrected chi connectivity index (χ2v) is 5.11. The number of unbranched alkanes of at least 4 members (excludes halogenated alkanes) is 1. The minimum Gasteiger partial charge on any atom is -0.488 e. The molecule has 0 atom stereocenters. The van der Waals surface area contributed by atoms with Crippen LogP contribution in [-0.2, 0) is 16.1 Å².